The number of nitrogens with zero attached hydrogens (tertiary/aromatic N) is 4. The monoisotopic (exact) mass is 346 g/mol. The molecule has 0 radical (unpaired) electrons. The standard InChI is InChI=1S/C17H16F2N4O2/c1-11-7-14(22(20-11)9-12-5-3-2-4-6-12)23-15(24)13-8-17(18,19)10-21(13)16(23)25/h2-7,13H,8-10H2,1H3/t13-/m0/s1. The van der Waals surface area contributed by atoms with Gasteiger partial charge >= 0.3 is 6.03 Å². The summed E-state index contributed by atoms with van der Waals surface area (Å²) in [6.45, 7) is 1.41. The van der Waals surface area contributed by atoms with E-state index in [1.807, 2.05) is 30.3 Å². The number of imide groups is 1. The van der Waals surface area contributed by atoms with Gasteiger partial charge in [-0.05, 0) is 12.5 Å². The lowest BCUT2D eigenvalue weighted by molar-refractivity contribution is -0.119. The van der Waals surface area contributed by atoms with Crippen LogP contribution in [0.2, 0.25) is 0 Å². The van der Waals surface area contributed by atoms with Gasteiger partial charge in [0.15, 0.2) is 0 Å². The van der Waals surface area contributed by atoms with Crippen LogP contribution in [0.1, 0.15) is 17.7 Å². The smallest absolute Gasteiger partial charge is 0.306 e. The molecular formula is C17H16F2N4O2. The number of anilines is 1. The van der Waals surface area contributed by atoms with Crippen molar-refractivity contribution in [3.05, 3.63) is 47.7 Å². The maximum absolute atomic E-state index is 13.5. The van der Waals surface area contributed by atoms with Crippen molar-refractivity contribution in [2.75, 3.05) is 11.4 Å². The van der Waals surface area contributed by atoms with E-state index >= 15 is 0 Å². The molecule has 8 heteroatoms. The molecule has 2 aliphatic rings. The molecule has 2 saturated heterocycles. The van der Waals surface area contributed by atoms with Crippen molar-refractivity contribution in [2.24, 2.45) is 0 Å². The number of carbonyl (C=O) groups excluding carboxylic acids is 2. The Morgan fingerprint density at radius 1 is 1.24 bits per heavy atom. The molecule has 0 saturated carbocycles. The molecule has 2 aliphatic heterocycles. The van der Waals surface area contributed by atoms with Crippen LogP contribution in [0.25, 0.3) is 0 Å². The van der Waals surface area contributed by atoms with Crippen molar-refractivity contribution in [1.82, 2.24) is 14.7 Å². The molecule has 6 nitrogen and oxygen atoms in total. The van der Waals surface area contributed by atoms with E-state index in [1.165, 1.54) is 0 Å². The van der Waals surface area contributed by atoms with Crippen LogP contribution in [-0.2, 0) is 11.3 Å². The quantitative estimate of drug-likeness (QED) is 0.802. The Morgan fingerprint density at radius 3 is 2.64 bits per heavy atom. The van der Waals surface area contributed by atoms with Gasteiger partial charge in [-0.15, -0.1) is 0 Å². The molecule has 0 spiro atoms. The van der Waals surface area contributed by atoms with E-state index in [0.29, 0.717) is 18.1 Å². The molecule has 1 aromatic heterocycles. The predicted molar refractivity (Wildman–Crippen MR) is 85.4 cm³/mol. The second-order valence-corrected chi connectivity index (χ2v) is 6.45. The maximum atomic E-state index is 13.5. The van der Waals surface area contributed by atoms with Crippen LogP contribution in [0.5, 0.6) is 0 Å². The predicted octanol–water partition coefficient (Wildman–Crippen LogP) is 2.42. The first-order valence-corrected chi connectivity index (χ1v) is 7.96. The van der Waals surface area contributed by atoms with E-state index in [4.69, 9.17) is 0 Å². The summed E-state index contributed by atoms with van der Waals surface area (Å²) in [5.74, 6) is -3.31. The fourth-order valence-corrected chi connectivity index (χ4v) is 3.41. The van der Waals surface area contributed by atoms with Crippen LogP contribution < -0.4 is 4.90 Å². The second-order valence-electron chi connectivity index (χ2n) is 6.45. The summed E-state index contributed by atoms with van der Waals surface area (Å²) in [5.41, 5.74) is 1.60. The number of rotatable bonds is 3. The molecule has 2 aromatic rings. The maximum Gasteiger partial charge on any atom is 0.333 e. The van der Waals surface area contributed by atoms with Crippen molar-refractivity contribution in [1.29, 1.82) is 0 Å². The van der Waals surface area contributed by atoms with Crippen molar-refractivity contribution < 1.29 is 18.4 Å². The minimum absolute atomic E-state index is 0.314. The Kier molecular flexibility index (Phi) is 3.38. The number of aromatic nitrogens is 2. The van der Waals surface area contributed by atoms with Crippen molar-refractivity contribution in [3.63, 3.8) is 0 Å². The number of hydrogen-bond acceptors (Lipinski definition) is 3. The highest BCUT2D eigenvalue weighted by molar-refractivity contribution is 6.21. The zero-order chi connectivity index (χ0) is 17.8. The summed E-state index contributed by atoms with van der Waals surface area (Å²) in [4.78, 5) is 27.1. The number of urea groups is 1. The largest absolute Gasteiger partial charge is 0.333 e. The molecule has 0 unspecified atom stereocenters. The van der Waals surface area contributed by atoms with E-state index in [0.717, 1.165) is 15.4 Å². The molecule has 3 amide bonds. The molecule has 0 aliphatic carbocycles. The summed E-state index contributed by atoms with van der Waals surface area (Å²) in [6.07, 6.45) is -0.625. The van der Waals surface area contributed by atoms with E-state index in [1.54, 1.807) is 17.7 Å². The number of carbonyl (C=O) groups is 2. The molecule has 1 aromatic carbocycles. The van der Waals surface area contributed by atoms with Gasteiger partial charge < -0.3 is 4.90 Å². The van der Waals surface area contributed by atoms with E-state index in [9.17, 15) is 18.4 Å². The zero-order valence-electron chi connectivity index (χ0n) is 13.5. The number of amides is 3. The fraction of sp³-hybridized carbons (Fsp3) is 0.353. The van der Waals surface area contributed by atoms with Crippen LogP contribution in [0.15, 0.2) is 36.4 Å². The average molecular weight is 346 g/mol. The Balaban J connectivity index is 1.67. The van der Waals surface area contributed by atoms with Gasteiger partial charge in [-0.25, -0.2) is 23.2 Å². The normalized spacial score (nSPS) is 22.0. The third-order valence-corrected chi connectivity index (χ3v) is 4.50. The molecule has 4 rings (SSSR count). The minimum atomic E-state index is -3.01. The van der Waals surface area contributed by atoms with Crippen molar-refractivity contribution >= 4 is 17.8 Å². The van der Waals surface area contributed by atoms with Crippen LogP contribution in [0.4, 0.5) is 19.4 Å². The van der Waals surface area contributed by atoms with Crippen LogP contribution >= 0.6 is 0 Å². The Hall–Kier alpha value is -2.77. The number of aryl methyl sites for hydroxylation is 1. The Labute approximate surface area is 142 Å². The molecule has 0 bridgehead atoms. The van der Waals surface area contributed by atoms with Crippen LogP contribution in [-0.4, -0.2) is 45.1 Å². The molecule has 3 heterocycles. The molecule has 1 atom stereocenters. The molecule has 0 N–H and O–H groups in total. The van der Waals surface area contributed by atoms with Crippen LogP contribution in [0.3, 0.4) is 0 Å². The van der Waals surface area contributed by atoms with Gasteiger partial charge in [0.1, 0.15) is 11.9 Å². The lowest BCUT2D eigenvalue weighted by atomic mass is 10.2. The molecule has 25 heavy (non-hydrogen) atoms. The summed E-state index contributed by atoms with van der Waals surface area (Å²) in [7, 11) is 0. The Morgan fingerprint density at radius 2 is 1.96 bits per heavy atom. The number of fused-ring (bicyclic) bond motifs is 1. The lowest BCUT2D eigenvalue weighted by Gasteiger charge is -2.18. The lowest BCUT2D eigenvalue weighted by Crippen LogP contribution is -2.37. The van der Waals surface area contributed by atoms with Gasteiger partial charge in [0.05, 0.1) is 18.8 Å². The van der Waals surface area contributed by atoms with Gasteiger partial charge in [0, 0.05) is 12.5 Å². The first-order chi connectivity index (χ1) is 11.9. The van der Waals surface area contributed by atoms with E-state index in [-0.39, 0.29) is 0 Å². The van der Waals surface area contributed by atoms with Crippen LogP contribution in [0, 0.1) is 6.92 Å². The van der Waals surface area contributed by atoms with Crippen molar-refractivity contribution in [3.8, 4) is 0 Å². The number of alkyl halides is 2. The molecule has 130 valence electrons. The Bertz CT molecular complexity index is 824. The fourth-order valence-electron chi connectivity index (χ4n) is 3.41. The first kappa shape index (κ1) is 15.7. The summed E-state index contributed by atoms with van der Waals surface area (Å²) in [6, 6.07) is 9.30. The van der Waals surface area contributed by atoms with Gasteiger partial charge in [-0.2, -0.15) is 5.10 Å². The number of hydrogen-bond donors (Lipinski definition) is 0. The molecule has 2 fully saturated rings. The summed E-state index contributed by atoms with van der Waals surface area (Å²) >= 11 is 0. The average Bonchev–Trinajstić information content (AvgIpc) is 3.13. The highest BCUT2D eigenvalue weighted by Gasteiger charge is 2.58. The van der Waals surface area contributed by atoms with Gasteiger partial charge in [-0.3, -0.25) is 4.79 Å². The molecular weight excluding hydrogens is 330 g/mol. The third kappa shape index (κ3) is 2.57. The SMILES string of the molecule is Cc1cc(N2C(=O)[C@@H]3CC(F)(F)CN3C2=O)n(Cc2ccccc2)n1. The van der Waals surface area contributed by atoms with Gasteiger partial charge in [0.2, 0.25) is 0 Å². The second kappa shape index (κ2) is 5.37. The third-order valence-electron chi connectivity index (χ3n) is 4.50. The summed E-state index contributed by atoms with van der Waals surface area (Å²) in [5, 5.41) is 4.35. The van der Waals surface area contributed by atoms with Crippen molar-refractivity contribution in [2.45, 2.75) is 31.9 Å². The number of benzene rings is 1. The highest BCUT2D eigenvalue weighted by atomic mass is 19.3. The zero-order valence-corrected chi connectivity index (χ0v) is 13.5. The topological polar surface area (TPSA) is 58.4 Å². The van der Waals surface area contributed by atoms with E-state index < -0.39 is 36.9 Å². The first-order valence-electron chi connectivity index (χ1n) is 7.96. The van der Waals surface area contributed by atoms with Gasteiger partial charge in [-0.1, -0.05) is 30.3 Å². The minimum Gasteiger partial charge on any atom is -0.306 e. The number of halogens is 2. The van der Waals surface area contributed by atoms with Gasteiger partial charge in [0.25, 0.3) is 11.8 Å². The summed E-state index contributed by atoms with van der Waals surface area (Å²) < 4.78 is 28.6. The highest BCUT2D eigenvalue weighted by Crippen LogP contribution is 2.38. The van der Waals surface area contributed by atoms with E-state index in [2.05, 4.69) is 5.10 Å².